The van der Waals surface area contributed by atoms with Gasteiger partial charge in [-0.1, -0.05) is 11.2 Å². The zero-order valence-corrected chi connectivity index (χ0v) is 16.7. The second-order valence-electron chi connectivity index (χ2n) is 7.16. The lowest BCUT2D eigenvalue weighted by molar-refractivity contribution is -0.131. The molecule has 1 saturated heterocycles. The van der Waals surface area contributed by atoms with Crippen LogP contribution in [-0.2, 0) is 11.2 Å². The first-order valence-electron chi connectivity index (χ1n) is 9.81. The van der Waals surface area contributed by atoms with Crippen LogP contribution in [0.25, 0.3) is 11.4 Å². The van der Waals surface area contributed by atoms with E-state index >= 15 is 0 Å². The summed E-state index contributed by atoms with van der Waals surface area (Å²) in [5.74, 6) is 1.79. The summed E-state index contributed by atoms with van der Waals surface area (Å²) in [6, 6.07) is 9.62. The third-order valence-electron chi connectivity index (χ3n) is 5.30. The largest absolute Gasteiger partial charge is 0.361 e. The third kappa shape index (κ3) is 4.26. The summed E-state index contributed by atoms with van der Waals surface area (Å²) in [5.41, 5.74) is 3.47. The second kappa shape index (κ2) is 8.38. The van der Waals surface area contributed by atoms with Crippen molar-refractivity contribution in [1.82, 2.24) is 25.2 Å². The van der Waals surface area contributed by atoms with Crippen molar-refractivity contribution in [1.29, 1.82) is 0 Å². The molecule has 1 aliphatic heterocycles. The van der Waals surface area contributed by atoms with E-state index in [4.69, 9.17) is 4.52 Å². The lowest BCUT2D eigenvalue weighted by Gasteiger charge is -2.35. The first-order valence-corrected chi connectivity index (χ1v) is 9.81. The van der Waals surface area contributed by atoms with Crippen LogP contribution in [0.2, 0.25) is 0 Å². The Bertz CT molecular complexity index is 943. The molecule has 0 aliphatic carbocycles. The number of hydrogen-bond donors (Lipinski definition) is 0. The number of hydrogen-bond acceptors (Lipinski definition) is 7. The lowest BCUT2D eigenvalue weighted by Crippen LogP contribution is -2.49. The highest BCUT2D eigenvalue weighted by atomic mass is 16.5. The van der Waals surface area contributed by atoms with E-state index < -0.39 is 0 Å². The Kier molecular flexibility index (Phi) is 5.50. The fourth-order valence-corrected chi connectivity index (χ4v) is 3.58. The van der Waals surface area contributed by atoms with Gasteiger partial charge in [0.25, 0.3) is 0 Å². The number of aromatic nitrogens is 4. The van der Waals surface area contributed by atoms with Crippen molar-refractivity contribution in [2.45, 2.75) is 26.7 Å². The van der Waals surface area contributed by atoms with Crippen LogP contribution in [0, 0.1) is 13.8 Å². The molecule has 1 amide bonds. The minimum atomic E-state index is 0.168. The molecule has 0 N–H and O–H groups in total. The van der Waals surface area contributed by atoms with E-state index in [0.29, 0.717) is 25.9 Å². The molecule has 0 aromatic carbocycles. The fourth-order valence-electron chi connectivity index (χ4n) is 3.58. The number of amides is 1. The molecule has 0 saturated carbocycles. The molecule has 8 nitrogen and oxygen atoms in total. The van der Waals surface area contributed by atoms with Gasteiger partial charge in [-0.2, -0.15) is 0 Å². The molecule has 0 spiro atoms. The van der Waals surface area contributed by atoms with Crippen LogP contribution < -0.4 is 4.90 Å². The van der Waals surface area contributed by atoms with Crippen LogP contribution in [-0.4, -0.2) is 57.3 Å². The van der Waals surface area contributed by atoms with Crippen LogP contribution in [0.15, 0.2) is 41.1 Å². The SMILES string of the molecule is Cc1noc(C)c1CCC(=O)N1CCN(c2ccc(-c3ccccn3)nn2)CC1. The van der Waals surface area contributed by atoms with E-state index in [1.807, 2.05) is 49.1 Å². The number of nitrogens with zero attached hydrogens (tertiary/aromatic N) is 6. The summed E-state index contributed by atoms with van der Waals surface area (Å²) in [6.45, 7) is 6.66. The van der Waals surface area contributed by atoms with Gasteiger partial charge in [-0.15, -0.1) is 10.2 Å². The molecule has 0 bridgehead atoms. The highest BCUT2D eigenvalue weighted by molar-refractivity contribution is 5.76. The summed E-state index contributed by atoms with van der Waals surface area (Å²) >= 11 is 0. The summed E-state index contributed by atoms with van der Waals surface area (Å²) < 4.78 is 5.17. The van der Waals surface area contributed by atoms with E-state index in [1.165, 1.54) is 0 Å². The van der Waals surface area contributed by atoms with Crippen molar-refractivity contribution in [3.8, 4) is 11.4 Å². The van der Waals surface area contributed by atoms with Gasteiger partial charge in [0, 0.05) is 44.4 Å². The number of carbonyl (C=O) groups is 1. The van der Waals surface area contributed by atoms with Crippen molar-refractivity contribution < 1.29 is 9.32 Å². The number of rotatable bonds is 5. The van der Waals surface area contributed by atoms with Crippen molar-refractivity contribution in [2.24, 2.45) is 0 Å². The Morgan fingerprint density at radius 1 is 1.03 bits per heavy atom. The average molecular weight is 392 g/mol. The molecule has 0 unspecified atom stereocenters. The van der Waals surface area contributed by atoms with Gasteiger partial charge < -0.3 is 14.3 Å². The summed E-state index contributed by atoms with van der Waals surface area (Å²) in [5, 5.41) is 12.6. The molecular weight excluding hydrogens is 368 g/mol. The summed E-state index contributed by atoms with van der Waals surface area (Å²) in [4.78, 5) is 21.0. The normalized spacial score (nSPS) is 14.3. The quantitative estimate of drug-likeness (QED) is 0.659. The number of aryl methyl sites for hydroxylation is 2. The number of pyridine rings is 1. The molecule has 1 fully saturated rings. The smallest absolute Gasteiger partial charge is 0.223 e. The molecule has 3 aromatic rings. The second-order valence-corrected chi connectivity index (χ2v) is 7.16. The van der Waals surface area contributed by atoms with Crippen LogP contribution in [0.3, 0.4) is 0 Å². The zero-order valence-electron chi connectivity index (χ0n) is 16.7. The maximum absolute atomic E-state index is 12.6. The standard InChI is InChI=1S/C21H24N6O2/c1-15-17(16(2)29-25-15)6-9-21(28)27-13-11-26(12-14-27)20-8-7-19(23-24-20)18-5-3-4-10-22-18/h3-5,7-8,10H,6,9,11-14H2,1-2H3. The fraction of sp³-hybridized carbons (Fsp3) is 0.381. The topological polar surface area (TPSA) is 88.3 Å². The molecule has 4 heterocycles. The molecular formula is C21H24N6O2. The maximum atomic E-state index is 12.6. The Morgan fingerprint density at radius 2 is 1.86 bits per heavy atom. The maximum Gasteiger partial charge on any atom is 0.223 e. The Morgan fingerprint density at radius 3 is 2.48 bits per heavy atom. The van der Waals surface area contributed by atoms with Gasteiger partial charge in [0.05, 0.1) is 11.4 Å². The van der Waals surface area contributed by atoms with Crippen LogP contribution >= 0.6 is 0 Å². The number of piperazine rings is 1. The molecule has 29 heavy (non-hydrogen) atoms. The summed E-state index contributed by atoms with van der Waals surface area (Å²) in [7, 11) is 0. The molecule has 0 atom stereocenters. The highest BCUT2D eigenvalue weighted by Gasteiger charge is 2.22. The van der Waals surface area contributed by atoms with E-state index in [9.17, 15) is 4.79 Å². The van der Waals surface area contributed by atoms with Crippen LogP contribution in [0.5, 0.6) is 0 Å². The zero-order chi connectivity index (χ0) is 20.2. The number of carbonyl (C=O) groups excluding carboxylic acids is 1. The first-order chi connectivity index (χ1) is 14.1. The molecule has 4 rings (SSSR count). The first kappa shape index (κ1) is 19.0. The van der Waals surface area contributed by atoms with Crippen molar-refractivity contribution in [3.63, 3.8) is 0 Å². The molecule has 8 heteroatoms. The molecule has 1 aliphatic rings. The predicted octanol–water partition coefficient (Wildman–Crippen LogP) is 2.42. The van der Waals surface area contributed by atoms with Gasteiger partial charge in [0.2, 0.25) is 5.91 Å². The Balaban J connectivity index is 1.30. The van der Waals surface area contributed by atoms with Gasteiger partial charge in [-0.25, -0.2) is 0 Å². The Labute approximate surface area is 169 Å². The van der Waals surface area contributed by atoms with Gasteiger partial charge in [-0.05, 0) is 44.5 Å². The third-order valence-corrected chi connectivity index (χ3v) is 5.30. The lowest BCUT2D eigenvalue weighted by atomic mass is 10.1. The molecule has 0 radical (unpaired) electrons. The number of anilines is 1. The predicted molar refractivity (Wildman–Crippen MR) is 108 cm³/mol. The van der Waals surface area contributed by atoms with E-state index in [0.717, 1.165) is 47.3 Å². The minimum Gasteiger partial charge on any atom is -0.361 e. The van der Waals surface area contributed by atoms with E-state index in [2.05, 4.69) is 25.2 Å². The van der Waals surface area contributed by atoms with Crippen molar-refractivity contribution in [2.75, 3.05) is 31.1 Å². The van der Waals surface area contributed by atoms with Gasteiger partial charge in [0.1, 0.15) is 11.5 Å². The van der Waals surface area contributed by atoms with Crippen LogP contribution in [0.4, 0.5) is 5.82 Å². The Hall–Kier alpha value is -3.29. The van der Waals surface area contributed by atoms with Crippen LogP contribution in [0.1, 0.15) is 23.4 Å². The van der Waals surface area contributed by atoms with Gasteiger partial charge >= 0.3 is 0 Å². The van der Waals surface area contributed by atoms with Crippen molar-refractivity contribution in [3.05, 3.63) is 53.5 Å². The van der Waals surface area contributed by atoms with E-state index in [1.54, 1.807) is 6.20 Å². The van der Waals surface area contributed by atoms with Crippen molar-refractivity contribution >= 4 is 11.7 Å². The highest BCUT2D eigenvalue weighted by Crippen LogP contribution is 2.19. The minimum absolute atomic E-state index is 0.168. The molecule has 3 aromatic heterocycles. The summed E-state index contributed by atoms with van der Waals surface area (Å²) in [6.07, 6.45) is 2.88. The van der Waals surface area contributed by atoms with Gasteiger partial charge in [-0.3, -0.25) is 9.78 Å². The molecule has 150 valence electrons. The monoisotopic (exact) mass is 392 g/mol. The average Bonchev–Trinajstić information content (AvgIpc) is 3.10. The van der Waals surface area contributed by atoms with E-state index in [-0.39, 0.29) is 5.91 Å². The van der Waals surface area contributed by atoms with Gasteiger partial charge in [0.15, 0.2) is 5.82 Å².